The van der Waals surface area contributed by atoms with Crippen molar-refractivity contribution in [2.45, 2.75) is 85.4 Å². The fourth-order valence-corrected chi connectivity index (χ4v) is 4.59. The molecule has 6 nitrogen and oxygen atoms in total. The number of carbonyl (C=O) groups is 1. The minimum atomic E-state index is -3.20. The van der Waals surface area contributed by atoms with Gasteiger partial charge in [-0.15, -0.1) is 0 Å². The Balaban J connectivity index is 0.000000410. The summed E-state index contributed by atoms with van der Waals surface area (Å²) in [6.07, 6.45) is 7.71. The second-order valence-corrected chi connectivity index (χ2v) is 11.7. The van der Waals surface area contributed by atoms with E-state index < -0.39 is 17.4 Å². The summed E-state index contributed by atoms with van der Waals surface area (Å²) in [7, 11) is 1.44. The average Bonchev–Trinajstić information content (AvgIpc) is 3.78. The Morgan fingerprint density at radius 1 is 1.12 bits per heavy atom. The van der Waals surface area contributed by atoms with Gasteiger partial charge in [-0.3, -0.25) is 0 Å². The molecule has 0 spiro atoms. The lowest BCUT2D eigenvalue weighted by atomic mass is 9.99. The van der Waals surface area contributed by atoms with Crippen LogP contribution in [0.4, 0.5) is 19.4 Å². The molecule has 1 aliphatic heterocycles. The van der Waals surface area contributed by atoms with E-state index >= 15 is 0 Å². The van der Waals surface area contributed by atoms with Gasteiger partial charge in [-0.2, -0.15) is 8.78 Å². The summed E-state index contributed by atoms with van der Waals surface area (Å²) in [5, 5.41) is 0.819. The molecular weight excluding hydrogens is 565 g/mol. The van der Waals surface area contributed by atoms with Crippen LogP contribution in [-0.2, 0) is 11.2 Å². The molecule has 2 heterocycles. The molecule has 1 saturated carbocycles. The van der Waals surface area contributed by atoms with Crippen molar-refractivity contribution < 1.29 is 18.3 Å². The number of halogens is 3. The molecule has 41 heavy (non-hydrogen) atoms. The summed E-state index contributed by atoms with van der Waals surface area (Å²) in [6.45, 7) is 14.5. The molecule has 1 aromatic carbocycles. The van der Waals surface area contributed by atoms with Crippen LogP contribution in [0.1, 0.15) is 77.6 Å². The molecule has 1 atom stereocenters. The fraction of sp³-hybridized carbons (Fsp3) is 0.581. The van der Waals surface area contributed by atoms with Crippen LogP contribution in [-0.4, -0.2) is 58.4 Å². The van der Waals surface area contributed by atoms with Gasteiger partial charge in [-0.05, 0) is 76.1 Å². The van der Waals surface area contributed by atoms with Crippen LogP contribution in [0.25, 0.3) is 5.57 Å². The van der Waals surface area contributed by atoms with Gasteiger partial charge in [0.25, 0.3) is 5.66 Å². The van der Waals surface area contributed by atoms with Crippen LogP contribution in [0.5, 0.6) is 0 Å². The third-order valence-electron chi connectivity index (χ3n) is 7.07. The highest BCUT2D eigenvalue weighted by Gasteiger charge is 2.46. The van der Waals surface area contributed by atoms with Crippen molar-refractivity contribution >= 4 is 38.3 Å². The lowest BCUT2D eigenvalue weighted by Crippen LogP contribution is -2.52. The highest BCUT2D eigenvalue weighted by Crippen LogP contribution is 2.45. The standard InChI is InChI=1S/C20H29F2N4O2P.C9H11Cl.C2H6/c1-5-15(14-6-7-14)16-13(2)23-12-24-17(16)25-8-10-26(11-9-25)18(27)28-19(3,4)20(21,22)29;1-2-3-8-4-6-9(10)7-5-8;1-2/h5,12,14H,6-11,29H2,1-4H3;4-7H,2-3H2,1H3;1-2H3/b15-5-;;. The van der Waals surface area contributed by atoms with E-state index in [0.717, 1.165) is 28.5 Å². The van der Waals surface area contributed by atoms with Crippen LogP contribution in [0.3, 0.4) is 0 Å². The molecule has 0 radical (unpaired) electrons. The summed E-state index contributed by atoms with van der Waals surface area (Å²) in [5.74, 6) is 1.44. The Labute approximate surface area is 252 Å². The molecule has 2 aliphatic rings. The molecule has 1 aliphatic carbocycles. The van der Waals surface area contributed by atoms with Crippen molar-refractivity contribution in [3.05, 3.63) is 58.5 Å². The number of aryl methyl sites for hydroxylation is 2. The Morgan fingerprint density at radius 3 is 2.20 bits per heavy atom. The number of amides is 1. The highest BCUT2D eigenvalue weighted by atomic mass is 35.5. The van der Waals surface area contributed by atoms with Crippen molar-refractivity contribution in [1.29, 1.82) is 0 Å². The smallest absolute Gasteiger partial charge is 0.410 e. The first kappa shape index (κ1) is 34.9. The third-order valence-corrected chi connectivity index (χ3v) is 8.02. The van der Waals surface area contributed by atoms with Crippen LogP contribution < -0.4 is 4.90 Å². The van der Waals surface area contributed by atoms with E-state index in [4.69, 9.17) is 16.3 Å². The molecule has 1 unspecified atom stereocenters. The van der Waals surface area contributed by atoms with Gasteiger partial charge in [0, 0.05) is 36.8 Å². The molecule has 10 heteroatoms. The molecule has 2 aromatic rings. The Hall–Kier alpha value is -2.31. The minimum absolute atomic E-state index is 0.383. The number of hydrogen-bond donors (Lipinski definition) is 0. The number of benzene rings is 1. The Morgan fingerprint density at radius 2 is 1.71 bits per heavy atom. The molecule has 0 bridgehead atoms. The monoisotopic (exact) mass is 610 g/mol. The number of allylic oxidation sites excluding steroid dienone is 2. The number of alkyl halides is 2. The Kier molecular flexibility index (Phi) is 13.4. The van der Waals surface area contributed by atoms with Gasteiger partial charge in [0.1, 0.15) is 12.1 Å². The zero-order valence-corrected chi connectivity index (χ0v) is 27.4. The normalized spacial score (nSPS) is 15.8. The van der Waals surface area contributed by atoms with Crippen LogP contribution >= 0.6 is 20.8 Å². The summed E-state index contributed by atoms with van der Waals surface area (Å²) in [4.78, 5) is 24.9. The van der Waals surface area contributed by atoms with Crippen molar-refractivity contribution in [1.82, 2.24) is 14.9 Å². The van der Waals surface area contributed by atoms with Gasteiger partial charge < -0.3 is 14.5 Å². The van der Waals surface area contributed by atoms with Crippen LogP contribution in [0.2, 0.25) is 5.02 Å². The van der Waals surface area contributed by atoms with Gasteiger partial charge >= 0.3 is 6.09 Å². The van der Waals surface area contributed by atoms with Gasteiger partial charge in [-0.1, -0.05) is 66.2 Å². The summed E-state index contributed by atoms with van der Waals surface area (Å²) in [5.41, 5.74) is -0.424. The third kappa shape index (κ3) is 9.89. The quantitative estimate of drug-likeness (QED) is 0.295. The first-order chi connectivity index (χ1) is 19.4. The SMILES string of the molecule is C/C=C(\c1c(C)ncnc1N1CCN(C(=O)OC(C)(C)C(F)(F)P)CC1)C1CC1.CC.CCCc1ccc(Cl)cc1. The van der Waals surface area contributed by atoms with Gasteiger partial charge in [-0.25, -0.2) is 14.8 Å². The number of ether oxygens (including phenoxy) is 1. The number of rotatable bonds is 7. The maximum atomic E-state index is 13.6. The zero-order chi connectivity index (χ0) is 30.8. The minimum Gasteiger partial charge on any atom is -0.437 e. The number of hydrogen-bond acceptors (Lipinski definition) is 5. The first-order valence-corrected chi connectivity index (χ1v) is 15.5. The van der Waals surface area contributed by atoms with E-state index in [2.05, 4.69) is 40.0 Å². The molecule has 4 rings (SSSR count). The summed E-state index contributed by atoms with van der Waals surface area (Å²) < 4.78 is 32.3. The fourth-order valence-electron chi connectivity index (χ4n) is 4.41. The number of aromatic nitrogens is 2. The highest BCUT2D eigenvalue weighted by molar-refractivity contribution is 7.18. The molecule has 0 N–H and O–H groups in total. The van der Waals surface area contributed by atoms with Crippen LogP contribution in [0, 0.1) is 12.8 Å². The lowest BCUT2D eigenvalue weighted by molar-refractivity contribution is -0.109. The molecule has 2 fully saturated rings. The van der Waals surface area contributed by atoms with E-state index in [-0.39, 0.29) is 0 Å². The maximum absolute atomic E-state index is 13.6. The topological polar surface area (TPSA) is 58.6 Å². The molecule has 1 aromatic heterocycles. The van der Waals surface area contributed by atoms with E-state index in [1.165, 1.54) is 58.4 Å². The molecule has 1 amide bonds. The predicted octanol–water partition coefficient (Wildman–Crippen LogP) is 8.42. The second kappa shape index (κ2) is 15.8. The predicted molar refractivity (Wildman–Crippen MR) is 169 cm³/mol. The number of piperazine rings is 1. The van der Waals surface area contributed by atoms with Gasteiger partial charge in [0.15, 0.2) is 5.60 Å². The van der Waals surface area contributed by atoms with Gasteiger partial charge in [0.05, 0.1) is 5.69 Å². The average molecular weight is 611 g/mol. The largest absolute Gasteiger partial charge is 0.437 e. The van der Waals surface area contributed by atoms with Crippen molar-refractivity contribution in [3.63, 3.8) is 0 Å². The van der Waals surface area contributed by atoms with E-state index in [1.54, 1.807) is 6.33 Å². The number of nitrogens with zero attached hydrogens (tertiary/aromatic N) is 4. The zero-order valence-electron chi connectivity index (χ0n) is 25.5. The lowest BCUT2D eigenvalue weighted by Gasteiger charge is -2.38. The molecular formula is C31H46ClF2N4O2P. The number of carbonyl (C=O) groups excluding carboxylic acids is 1. The van der Waals surface area contributed by atoms with Crippen molar-refractivity contribution in [2.24, 2.45) is 5.92 Å². The van der Waals surface area contributed by atoms with Crippen molar-refractivity contribution in [2.75, 3.05) is 31.1 Å². The van der Waals surface area contributed by atoms with Gasteiger partial charge in [0.2, 0.25) is 0 Å². The van der Waals surface area contributed by atoms with E-state index in [9.17, 15) is 13.6 Å². The first-order valence-electron chi connectivity index (χ1n) is 14.5. The molecule has 228 valence electrons. The van der Waals surface area contributed by atoms with Crippen molar-refractivity contribution in [3.8, 4) is 0 Å². The Bertz CT molecular complexity index is 1140. The second-order valence-electron chi connectivity index (χ2n) is 10.5. The number of anilines is 1. The van der Waals surface area contributed by atoms with E-state index in [1.807, 2.05) is 39.8 Å². The molecule has 1 saturated heterocycles. The summed E-state index contributed by atoms with van der Waals surface area (Å²) >= 11 is 5.71. The van der Waals surface area contributed by atoms with E-state index in [0.29, 0.717) is 32.1 Å². The van der Waals surface area contributed by atoms with Crippen LogP contribution in [0.15, 0.2) is 36.7 Å². The summed E-state index contributed by atoms with van der Waals surface area (Å²) in [6, 6.07) is 8.02. The maximum Gasteiger partial charge on any atom is 0.410 e.